The van der Waals surface area contributed by atoms with Gasteiger partial charge in [0.15, 0.2) is 17.3 Å². The number of Topliss-reactive ketones (excluding diaryl/α,β-unsaturated/α-hetero) is 3. The van der Waals surface area contributed by atoms with Gasteiger partial charge in [-0.05, 0) is 59.8 Å². The number of piperidine rings is 3. The van der Waals surface area contributed by atoms with Crippen LogP contribution in [0.4, 0.5) is 0 Å². The number of aliphatic carboxylic acids is 1. The van der Waals surface area contributed by atoms with Crippen LogP contribution in [0.3, 0.4) is 0 Å². The Labute approximate surface area is 379 Å². The standard InChI is InChI=1S/2C16H22N2O3.C13H18N2O.C3H6O3/c2*1-15(2)12-6-7-18(13(19)9-21-5)10-16(12,3)8-11(17-4)14(15)20;1-12(2)10-5-6-15-8-13(10,3)7-9(14-4)11(12)16;1-6-2-3(4)5/h2*8,12H,6-7,9-10H2,1-3,5H3;7,10,15H,5-6,8H2,1-3H3;2H2,1H3,(H,4,5)/t2*12-,16+;10-,13+;/m100./s1. The second kappa shape index (κ2) is 20.8. The molecule has 0 spiro atoms. The van der Waals surface area contributed by atoms with E-state index >= 15 is 0 Å². The van der Waals surface area contributed by atoms with Crippen LogP contribution in [0.1, 0.15) is 81.6 Å². The molecule has 3 fully saturated rings. The van der Waals surface area contributed by atoms with E-state index in [1.54, 1.807) is 22.0 Å². The predicted octanol–water partition coefficient (Wildman–Crippen LogP) is 5.53. The minimum atomic E-state index is -0.933. The summed E-state index contributed by atoms with van der Waals surface area (Å²) in [5.74, 6) is -0.490. The molecule has 0 radical (unpaired) electrons. The normalized spacial score (nSPS) is 30.5. The number of nitrogens with one attached hydrogen (secondary N) is 1. The molecule has 0 unspecified atom stereocenters. The summed E-state index contributed by atoms with van der Waals surface area (Å²) in [5.41, 5.74) is -1.48. The van der Waals surface area contributed by atoms with Gasteiger partial charge < -0.3 is 48.8 Å². The molecule has 0 aromatic carbocycles. The van der Waals surface area contributed by atoms with Gasteiger partial charge in [0.05, 0.1) is 19.7 Å². The number of likely N-dealkylation sites (tertiary alicyclic amines) is 2. The van der Waals surface area contributed by atoms with Crippen molar-refractivity contribution < 1.29 is 48.1 Å². The van der Waals surface area contributed by atoms with Crippen LogP contribution in [0, 0.1) is 70.0 Å². The Bertz CT molecular complexity index is 1970. The van der Waals surface area contributed by atoms with Crippen LogP contribution in [-0.2, 0) is 43.0 Å². The van der Waals surface area contributed by atoms with E-state index in [1.807, 2.05) is 61.5 Å². The number of hydrogen-bond acceptors (Lipinski definition) is 10. The Morgan fingerprint density at radius 3 is 1.23 bits per heavy atom. The van der Waals surface area contributed by atoms with Crippen molar-refractivity contribution in [1.82, 2.24) is 15.1 Å². The van der Waals surface area contributed by atoms with Gasteiger partial charge in [-0.1, -0.05) is 80.5 Å². The van der Waals surface area contributed by atoms with Gasteiger partial charge in [0.1, 0.15) is 19.8 Å². The fraction of sp³-hybridized carbons (Fsp3) is 0.688. The third-order valence-electron chi connectivity index (χ3n) is 14.3. The number of carbonyl (C=O) groups is 6. The fourth-order valence-corrected chi connectivity index (χ4v) is 11.3. The Morgan fingerprint density at radius 1 is 0.609 bits per heavy atom. The van der Waals surface area contributed by atoms with E-state index in [0.717, 1.165) is 32.4 Å². The number of carboxylic acids is 1. The summed E-state index contributed by atoms with van der Waals surface area (Å²) >= 11 is 0. The summed E-state index contributed by atoms with van der Waals surface area (Å²) in [4.78, 5) is 84.3. The molecule has 6 rings (SSSR count). The van der Waals surface area contributed by atoms with Crippen LogP contribution in [0.15, 0.2) is 35.3 Å². The Hall–Kier alpha value is -5.05. The van der Waals surface area contributed by atoms with E-state index in [9.17, 15) is 28.8 Å². The summed E-state index contributed by atoms with van der Waals surface area (Å²) in [7, 11) is 4.35. The molecule has 2 amide bonds. The van der Waals surface area contributed by atoms with Crippen molar-refractivity contribution in [2.24, 2.45) is 50.2 Å². The molecule has 3 aliphatic heterocycles. The maximum atomic E-state index is 12.4. The average molecular weight is 889 g/mol. The van der Waals surface area contributed by atoms with Crippen LogP contribution >= 0.6 is 0 Å². The third kappa shape index (κ3) is 11.1. The van der Waals surface area contributed by atoms with Gasteiger partial charge >= 0.3 is 5.97 Å². The maximum absolute atomic E-state index is 12.4. The quantitative estimate of drug-likeness (QED) is 0.320. The second-order valence-electron chi connectivity index (χ2n) is 20.1. The first kappa shape index (κ1) is 53.3. The molecule has 16 nitrogen and oxygen atoms in total. The van der Waals surface area contributed by atoms with E-state index in [0.29, 0.717) is 37.8 Å². The molecule has 64 heavy (non-hydrogen) atoms. The lowest BCUT2D eigenvalue weighted by atomic mass is 9.55. The van der Waals surface area contributed by atoms with Crippen LogP contribution in [0.25, 0.3) is 14.5 Å². The number of rotatable bonds is 6. The van der Waals surface area contributed by atoms with Gasteiger partial charge in [-0.15, -0.1) is 0 Å². The number of carbonyl (C=O) groups excluding carboxylic acids is 5. The van der Waals surface area contributed by atoms with E-state index in [2.05, 4.69) is 31.5 Å². The number of fused-ring (bicyclic) bond motifs is 3. The molecular formula is C48H68N6O10. The molecule has 16 heteroatoms. The smallest absolute Gasteiger partial charge is 0.329 e. The molecule has 0 aromatic heterocycles. The average Bonchev–Trinajstić information content (AvgIpc) is 3.22. The maximum Gasteiger partial charge on any atom is 0.329 e. The Morgan fingerprint density at radius 2 is 0.938 bits per heavy atom. The molecule has 6 aliphatic rings. The first-order chi connectivity index (χ1) is 29.7. The van der Waals surface area contributed by atoms with Crippen molar-refractivity contribution in [1.29, 1.82) is 0 Å². The lowest BCUT2D eigenvalue weighted by molar-refractivity contribution is -0.144. The second-order valence-corrected chi connectivity index (χ2v) is 20.1. The summed E-state index contributed by atoms with van der Waals surface area (Å²) in [6.07, 6.45) is 8.01. The van der Waals surface area contributed by atoms with Gasteiger partial charge in [-0.25, -0.2) is 19.3 Å². The number of carboxylic acid groups (broad SMARTS) is 1. The first-order valence-corrected chi connectivity index (χ1v) is 21.6. The number of nitrogens with zero attached hydrogens (tertiary/aromatic N) is 5. The number of ketones is 3. The highest BCUT2D eigenvalue weighted by Crippen LogP contribution is 2.54. The molecule has 2 N–H and O–H groups in total. The molecule has 0 bridgehead atoms. The van der Waals surface area contributed by atoms with Crippen molar-refractivity contribution in [3.05, 3.63) is 69.6 Å². The van der Waals surface area contributed by atoms with Gasteiger partial charge in [-0.3, -0.25) is 9.59 Å². The molecule has 0 aromatic rings. The Kier molecular flexibility index (Phi) is 17.4. The van der Waals surface area contributed by atoms with Gasteiger partial charge in [-0.2, -0.15) is 0 Å². The zero-order chi connectivity index (χ0) is 48.6. The van der Waals surface area contributed by atoms with Crippen LogP contribution in [0.5, 0.6) is 0 Å². The van der Waals surface area contributed by atoms with Crippen molar-refractivity contribution in [3.8, 4) is 0 Å². The summed E-state index contributed by atoms with van der Waals surface area (Å²) < 4.78 is 14.0. The molecule has 6 atom stereocenters. The predicted molar refractivity (Wildman–Crippen MR) is 238 cm³/mol. The molecular weight excluding hydrogens is 821 g/mol. The highest BCUT2D eigenvalue weighted by Gasteiger charge is 2.55. The summed E-state index contributed by atoms with van der Waals surface area (Å²) in [6, 6.07) is 0. The summed E-state index contributed by atoms with van der Waals surface area (Å²) in [5, 5.41) is 11.2. The Balaban J connectivity index is 0.000000241. The number of methoxy groups -OCH3 is 3. The number of ether oxygens (including phenoxy) is 3. The van der Waals surface area contributed by atoms with Gasteiger partial charge in [0.25, 0.3) is 0 Å². The first-order valence-electron chi connectivity index (χ1n) is 21.6. The van der Waals surface area contributed by atoms with E-state index in [-0.39, 0.29) is 88.5 Å². The van der Waals surface area contributed by atoms with Crippen molar-refractivity contribution in [2.75, 3.05) is 80.4 Å². The minimum Gasteiger partial charge on any atom is -0.480 e. The SMILES string of the molecule is COCC(=O)O.[C-]#[N+]C1=C[C@@]2(C)CN(C(=O)COC)CC[C@@H]2C(C)(C)C1=O.[C-]#[N+]C1=C[C@]2(C)CN(C(=O)COC)CC[C@H]2C(C)(C)C1=O.[C-]#[N+]C1=C[C@]2(C)CNCC[C@H]2C(C)(C)C1=O. The van der Waals surface area contributed by atoms with Crippen molar-refractivity contribution >= 4 is 35.1 Å². The lowest BCUT2D eigenvalue weighted by Gasteiger charge is -2.53. The minimum absolute atomic E-state index is 0.0203. The fourth-order valence-electron chi connectivity index (χ4n) is 11.3. The molecule has 0 saturated carbocycles. The van der Waals surface area contributed by atoms with Gasteiger partial charge in [0, 0.05) is 70.3 Å². The van der Waals surface area contributed by atoms with Crippen LogP contribution < -0.4 is 5.32 Å². The summed E-state index contributed by atoms with van der Waals surface area (Å²) in [6.45, 7) is 43.6. The van der Waals surface area contributed by atoms with Crippen LogP contribution in [0.2, 0.25) is 0 Å². The third-order valence-corrected chi connectivity index (χ3v) is 14.3. The molecule has 3 aliphatic carbocycles. The van der Waals surface area contributed by atoms with Gasteiger partial charge in [0.2, 0.25) is 28.9 Å². The van der Waals surface area contributed by atoms with Crippen molar-refractivity contribution in [3.63, 3.8) is 0 Å². The molecule has 350 valence electrons. The number of hydrogen-bond donors (Lipinski definition) is 2. The van der Waals surface area contributed by atoms with E-state index in [1.165, 1.54) is 21.3 Å². The highest BCUT2D eigenvalue weighted by molar-refractivity contribution is 6.03. The monoisotopic (exact) mass is 888 g/mol. The number of allylic oxidation sites excluding steroid dienone is 3. The van der Waals surface area contributed by atoms with Crippen LogP contribution in [-0.4, -0.2) is 130 Å². The zero-order valence-corrected chi connectivity index (χ0v) is 39.8. The zero-order valence-electron chi connectivity index (χ0n) is 39.8. The van der Waals surface area contributed by atoms with Crippen molar-refractivity contribution in [2.45, 2.75) is 81.6 Å². The van der Waals surface area contributed by atoms with E-state index < -0.39 is 22.2 Å². The molecule has 3 heterocycles. The van der Waals surface area contributed by atoms with E-state index in [4.69, 9.17) is 34.3 Å². The topological polar surface area (TPSA) is 182 Å². The highest BCUT2D eigenvalue weighted by atomic mass is 16.5. The lowest BCUT2D eigenvalue weighted by Crippen LogP contribution is -2.57. The molecule has 3 saturated heterocycles. The largest absolute Gasteiger partial charge is 0.480 e. The number of amides is 2.